The normalized spacial score (nSPS) is 10.8. The Morgan fingerprint density at radius 2 is 1.89 bits per heavy atom. The lowest BCUT2D eigenvalue weighted by atomic mass is 10.2. The first-order valence-corrected chi connectivity index (χ1v) is 5.23. The number of alkyl halides is 3. The van der Waals surface area contributed by atoms with E-state index in [0.717, 1.165) is 4.90 Å². The van der Waals surface area contributed by atoms with Crippen LogP contribution in [0.15, 0.2) is 30.3 Å². The molecule has 1 aromatic carbocycles. The molecule has 1 amide bonds. The van der Waals surface area contributed by atoms with E-state index in [9.17, 15) is 18.0 Å². The summed E-state index contributed by atoms with van der Waals surface area (Å²) in [4.78, 5) is 12.5. The minimum absolute atomic E-state index is 0.0154. The number of halogens is 3. The smallest absolute Gasteiger partial charge is 0.311 e. The second kappa shape index (κ2) is 6.05. The molecule has 18 heavy (non-hydrogen) atoms. The summed E-state index contributed by atoms with van der Waals surface area (Å²) >= 11 is 0. The van der Waals surface area contributed by atoms with Gasteiger partial charge in [0.15, 0.2) is 0 Å². The maximum Gasteiger partial charge on any atom is 0.397 e. The number of amides is 1. The Morgan fingerprint density at radius 1 is 1.28 bits per heavy atom. The number of carbonyl (C=O) groups excluding carboxylic acids is 1. The molecular weight excluding hydrogens is 245 g/mol. The Kier molecular flexibility index (Phi) is 4.72. The van der Waals surface area contributed by atoms with E-state index < -0.39 is 18.5 Å². The summed E-state index contributed by atoms with van der Waals surface area (Å²) in [6.07, 6.45) is -6.08. The molecule has 0 heterocycles. The van der Waals surface area contributed by atoms with Gasteiger partial charge in [-0.15, -0.1) is 0 Å². The van der Waals surface area contributed by atoms with E-state index in [-0.39, 0.29) is 13.0 Å². The van der Waals surface area contributed by atoms with Crippen molar-refractivity contribution in [2.75, 3.05) is 11.4 Å². The molecule has 0 aliphatic heterocycles. The predicted octanol–water partition coefficient (Wildman–Crippen LogP) is 2.89. The highest BCUT2D eigenvalue weighted by Crippen LogP contribution is 2.23. The molecular formula is C12H11F3N2O. The van der Waals surface area contributed by atoms with E-state index in [2.05, 4.69) is 0 Å². The van der Waals surface area contributed by atoms with Crippen LogP contribution in [-0.4, -0.2) is 18.6 Å². The number of anilines is 1. The largest absolute Gasteiger partial charge is 0.397 e. The third-order valence-corrected chi connectivity index (χ3v) is 2.17. The molecule has 0 N–H and O–H groups in total. The highest BCUT2D eigenvalue weighted by molar-refractivity contribution is 5.93. The Hall–Kier alpha value is -2.03. The van der Waals surface area contributed by atoms with Crippen molar-refractivity contribution in [2.24, 2.45) is 0 Å². The van der Waals surface area contributed by atoms with Crippen molar-refractivity contribution in [1.82, 2.24) is 0 Å². The fourth-order valence-electron chi connectivity index (χ4n) is 1.43. The van der Waals surface area contributed by atoms with E-state index in [1.54, 1.807) is 18.2 Å². The van der Waals surface area contributed by atoms with Crippen LogP contribution in [0.2, 0.25) is 0 Å². The molecule has 1 aromatic rings. The molecule has 0 radical (unpaired) electrons. The summed E-state index contributed by atoms with van der Waals surface area (Å²) in [5, 5.41) is 8.47. The molecule has 3 nitrogen and oxygen atoms in total. The lowest BCUT2D eigenvalue weighted by Gasteiger charge is -2.22. The summed E-state index contributed by atoms with van der Waals surface area (Å²) < 4.78 is 36.6. The van der Waals surface area contributed by atoms with E-state index in [1.165, 1.54) is 12.1 Å². The van der Waals surface area contributed by atoms with Gasteiger partial charge in [0.05, 0.1) is 12.5 Å². The van der Waals surface area contributed by atoms with Gasteiger partial charge in [-0.25, -0.2) is 0 Å². The number of hydrogen-bond acceptors (Lipinski definition) is 2. The Morgan fingerprint density at radius 3 is 2.39 bits per heavy atom. The van der Waals surface area contributed by atoms with Gasteiger partial charge in [0.1, 0.15) is 6.42 Å². The van der Waals surface area contributed by atoms with E-state index in [1.807, 2.05) is 6.07 Å². The van der Waals surface area contributed by atoms with E-state index >= 15 is 0 Å². The first-order valence-electron chi connectivity index (χ1n) is 5.23. The van der Waals surface area contributed by atoms with Crippen LogP contribution < -0.4 is 4.90 Å². The SMILES string of the molecule is N#CCCN(C(=O)CC(F)(F)F)c1ccccc1. The number of nitrogens with zero attached hydrogens (tertiary/aromatic N) is 2. The topological polar surface area (TPSA) is 44.1 Å². The average molecular weight is 256 g/mol. The third kappa shape index (κ3) is 4.45. The van der Waals surface area contributed by atoms with Crippen LogP contribution in [0.3, 0.4) is 0 Å². The van der Waals surface area contributed by atoms with Gasteiger partial charge in [0.25, 0.3) is 0 Å². The van der Waals surface area contributed by atoms with Crippen molar-refractivity contribution < 1.29 is 18.0 Å². The van der Waals surface area contributed by atoms with Crippen molar-refractivity contribution in [2.45, 2.75) is 19.0 Å². The van der Waals surface area contributed by atoms with Gasteiger partial charge in [-0.05, 0) is 12.1 Å². The molecule has 0 saturated carbocycles. The van der Waals surface area contributed by atoms with Crippen LogP contribution in [-0.2, 0) is 4.79 Å². The molecule has 0 unspecified atom stereocenters. The lowest BCUT2D eigenvalue weighted by molar-refractivity contribution is -0.151. The zero-order chi connectivity index (χ0) is 13.6. The first-order chi connectivity index (χ1) is 8.44. The molecule has 96 valence electrons. The Labute approximate surface area is 102 Å². The second-order valence-corrected chi connectivity index (χ2v) is 3.58. The van der Waals surface area contributed by atoms with Gasteiger partial charge in [-0.1, -0.05) is 18.2 Å². The molecule has 1 rings (SSSR count). The zero-order valence-electron chi connectivity index (χ0n) is 9.44. The lowest BCUT2D eigenvalue weighted by Crippen LogP contribution is -2.34. The molecule has 0 aromatic heterocycles. The fraction of sp³-hybridized carbons (Fsp3) is 0.333. The predicted molar refractivity (Wildman–Crippen MR) is 59.7 cm³/mol. The number of benzene rings is 1. The van der Waals surface area contributed by atoms with Crippen LogP contribution >= 0.6 is 0 Å². The summed E-state index contributed by atoms with van der Waals surface area (Å²) in [6, 6.07) is 9.81. The molecule has 0 aliphatic rings. The summed E-state index contributed by atoms with van der Waals surface area (Å²) in [5.74, 6) is -1.05. The summed E-state index contributed by atoms with van der Waals surface area (Å²) in [7, 11) is 0. The molecule has 0 atom stereocenters. The van der Waals surface area contributed by atoms with Gasteiger partial charge in [0.2, 0.25) is 5.91 Å². The number of nitriles is 1. The highest BCUT2D eigenvalue weighted by atomic mass is 19.4. The van der Waals surface area contributed by atoms with Gasteiger partial charge >= 0.3 is 6.18 Å². The van der Waals surface area contributed by atoms with Crippen molar-refractivity contribution in [3.8, 4) is 6.07 Å². The van der Waals surface area contributed by atoms with Crippen LogP contribution in [0, 0.1) is 11.3 Å². The minimum Gasteiger partial charge on any atom is -0.311 e. The maximum absolute atomic E-state index is 12.2. The van der Waals surface area contributed by atoms with Crippen LogP contribution in [0.5, 0.6) is 0 Å². The first kappa shape index (κ1) is 14.0. The molecule has 0 fully saturated rings. The van der Waals surface area contributed by atoms with Crippen LogP contribution in [0.25, 0.3) is 0 Å². The maximum atomic E-state index is 12.2. The van der Waals surface area contributed by atoms with Crippen LogP contribution in [0.1, 0.15) is 12.8 Å². The van der Waals surface area contributed by atoms with Gasteiger partial charge in [-0.3, -0.25) is 4.79 Å². The van der Waals surface area contributed by atoms with Crippen molar-refractivity contribution in [3.05, 3.63) is 30.3 Å². The van der Waals surface area contributed by atoms with E-state index in [4.69, 9.17) is 5.26 Å². The third-order valence-electron chi connectivity index (χ3n) is 2.17. The zero-order valence-corrected chi connectivity index (χ0v) is 9.44. The molecule has 0 aliphatic carbocycles. The highest BCUT2D eigenvalue weighted by Gasteiger charge is 2.33. The fourth-order valence-corrected chi connectivity index (χ4v) is 1.43. The van der Waals surface area contributed by atoms with Gasteiger partial charge in [-0.2, -0.15) is 18.4 Å². The second-order valence-electron chi connectivity index (χ2n) is 3.58. The van der Waals surface area contributed by atoms with Gasteiger partial charge < -0.3 is 4.90 Å². The number of para-hydroxylation sites is 1. The number of hydrogen-bond donors (Lipinski definition) is 0. The summed E-state index contributed by atoms with van der Waals surface area (Å²) in [6.45, 7) is -0.0462. The number of rotatable bonds is 4. The summed E-state index contributed by atoms with van der Waals surface area (Å²) in [5.41, 5.74) is 0.363. The molecule has 0 spiro atoms. The molecule has 6 heteroatoms. The van der Waals surface area contributed by atoms with E-state index in [0.29, 0.717) is 5.69 Å². The minimum atomic E-state index is -4.54. The monoisotopic (exact) mass is 256 g/mol. The average Bonchev–Trinajstić information content (AvgIpc) is 2.28. The van der Waals surface area contributed by atoms with Crippen molar-refractivity contribution in [1.29, 1.82) is 5.26 Å². The quantitative estimate of drug-likeness (QED) is 0.831. The Balaban J connectivity index is 2.86. The van der Waals surface area contributed by atoms with Gasteiger partial charge in [0, 0.05) is 12.2 Å². The molecule has 0 bridgehead atoms. The standard InChI is InChI=1S/C12H11F3N2O/c13-12(14,15)9-11(18)17(8-4-7-16)10-5-2-1-3-6-10/h1-3,5-6H,4,8-9H2. The molecule has 0 saturated heterocycles. The Bertz CT molecular complexity index is 437. The van der Waals surface area contributed by atoms with Crippen molar-refractivity contribution in [3.63, 3.8) is 0 Å². The van der Waals surface area contributed by atoms with Crippen LogP contribution in [0.4, 0.5) is 18.9 Å². The number of carbonyl (C=O) groups is 1. The van der Waals surface area contributed by atoms with Crippen molar-refractivity contribution >= 4 is 11.6 Å².